The molecule has 2 aliphatic rings. The van der Waals surface area contributed by atoms with E-state index >= 15 is 0 Å². The van der Waals surface area contributed by atoms with Crippen LogP contribution in [0.25, 0.3) is 0 Å². The second-order valence-corrected chi connectivity index (χ2v) is 6.06. The summed E-state index contributed by atoms with van der Waals surface area (Å²) in [6, 6.07) is 8.50. The van der Waals surface area contributed by atoms with Crippen molar-refractivity contribution in [2.45, 2.75) is 38.0 Å². The first-order chi connectivity index (χ1) is 10.8. The summed E-state index contributed by atoms with van der Waals surface area (Å²) in [6.45, 7) is 2.48. The van der Waals surface area contributed by atoms with Crippen LogP contribution in [-0.2, 0) is 17.9 Å². The van der Waals surface area contributed by atoms with Crippen molar-refractivity contribution in [3.63, 3.8) is 0 Å². The van der Waals surface area contributed by atoms with E-state index in [1.165, 1.54) is 0 Å². The number of hydrogen-bond donors (Lipinski definition) is 0. The molecule has 2 aromatic rings. The van der Waals surface area contributed by atoms with Gasteiger partial charge in [0.2, 0.25) is 5.91 Å². The number of aromatic nitrogens is 1. The van der Waals surface area contributed by atoms with Crippen LogP contribution in [0, 0.1) is 0 Å². The number of amides is 1. The van der Waals surface area contributed by atoms with E-state index in [1.807, 2.05) is 35.4 Å². The Balaban J connectivity index is 1.47. The van der Waals surface area contributed by atoms with Crippen LogP contribution in [0.4, 0.5) is 0 Å². The first kappa shape index (κ1) is 13.5. The molecule has 2 saturated heterocycles. The van der Waals surface area contributed by atoms with E-state index in [2.05, 4.69) is 9.88 Å². The number of likely N-dealkylation sites (tertiary alicyclic amines) is 2. The van der Waals surface area contributed by atoms with Crippen LogP contribution in [0.2, 0.25) is 0 Å². The lowest BCUT2D eigenvalue weighted by Crippen LogP contribution is -2.36. The van der Waals surface area contributed by atoms with Crippen molar-refractivity contribution in [2.75, 3.05) is 6.54 Å². The molecule has 2 aliphatic heterocycles. The van der Waals surface area contributed by atoms with Crippen LogP contribution in [0.5, 0.6) is 0 Å². The molecule has 0 spiro atoms. The van der Waals surface area contributed by atoms with E-state index in [0.29, 0.717) is 25.0 Å². The van der Waals surface area contributed by atoms with Gasteiger partial charge >= 0.3 is 0 Å². The highest BCUT2D eigenvalue weighted by Gasteiger charge is 2.46. The van der Waals surface area contributed by atoms with Gasteiger partial charge in [-0.1, -0.05) is 6.07 Å². The van der Waals surface area contributed by atoms with E-state index in [0.717, 1.165) is 30.8 Å². The molecule has 0 N–H and O–H groups in total. The SMILES string of the molecule is O=C1C[C@@H]2[C@H](CCN2Cc2ccco2)N1Cc1cccnc1. The Labute approximate surface area is 129 Å². The summed E-state index contributed by atoms with van der Waals surface area (Å²) in [5.74, 6) is 1.22. The fraction of sp³-hybridized carbons (Fsp3) is 0.412. The topological polar surface area (TPSA) is 49.6 Å². The van der Waals surface area contributed by atoms with E-state index < -0.39 is 0 Å². The predicted octanol–water partition coefficient (Wildman–Crippen LogP) is 2.05. The van der Waals surface area contributed by atoms with Crippen LogP contribution in [0.3, 0.4) is 0 Å². The van der Waals surface area contributed by atoms with E-state index in [-0.39, 0.29) is 5.91 Å². The average molecular weight is 297 g/mol. The number of nitrogens with zero attached hydrogens (tertiary/aromatic N) is 3. The molecule has 0 radical (unpaired) electrons. The molecule has 4 rings (SSSR count). The van der Waals surface area contributed by atoms with Gasteiger partial charge in [-0.3, -0.25) is 14.7 Å². The molecule has 0 aromatic carbocycles. The maximum Gasteiger partial charge on any atom is 0.224 e. The highest BCUT2D eigenvalue weighted by molar-refractivity contribution is 5.80. The number of furan rings is 1. The highest BCUT2D eigenvalue weighted by atomic mass is 16.3. The lowest BCUT2D eigenvalue weighted by molar-refractivity contribution is -0.129. The Kier molecular flexibility index (Phi) is 3.42. The van der Waals surface area contributed by atoms with Crippen molar-refractivity contribution in [2.24, 2.45) is 0 Å². The van der Waals surface area contributed by atoms with Gasteiger partial charge < -0.3 is 9.32 Å². The van der Waals surface area contributed by atoms with Gasteiger partial charge in [0.15, 0.2) is 0 Å². The summed E-state index contributed by atoms with van der Waals surface area (Å²) in [7, 11) is 0. The predicted molar refractivity (Wildman–Crippen MR) is 80.7 cm³/mol. The lowest BCUT2D eigenvalue weighted by atomic mass is 10.1. The van der Waals surface area contributed by atoms with Crippen molar-refractivity contribution < 1.29 is 9.21 Å². The van der Waals surface area contributed by atoms with Gasteiger partial charge in [0.25, 0.3) is 0 Å². The minimum Gasteiger partial charge on any atom is -0.468 e. The average Bonchev–Trinajstić information content (AvgIpc) is 3.23. The summed E-state index contributed by atoms with van der Waals surface area (Å²) in [5, 5.41) is 0. The van der Waals surface area contributed by atoms with Crippen LogP contribution >= 0.6 is 0 Å². The molecular formula is C17H19N3O2. The Hall–Kier alpha value is -2.14. The van der Waals surface area contributed by atoms with Crippen LogP contribution in [-0.4, -0.2) is 39.3 Å². The number of hydrogen-bond acceptors (Lipinski definition) is 4. The highest BCUT2D eigenvalue weighted by Crippen LogP contribution is 2.34. The van der Waals surface area contributed by atoms with Gasteiger partial charge in [0.05, 0.1) is 12.8 Å². The molecule has 0 bridgehead atoms. The van der Waals surface area contributed by atoms with E-state index in [1.54, 1.807) is 12.5 Å². The van der Waals surface area contributed by atoms with Gasteiger partial charge in [0.1, 0.15) is 5.76 Å². The second kappa shape index (κ2) is 5.57. The molecular weight excluding hydrogens is 278 g/mol. The molecule has 2 atom stereocenters. The number of fused-ring (bicyclic) bond motifs is 1. The summed E-state index contributed by atoms with van der Waals surface area (Å²) in [4.78, 5) is 20.9. The van der Waals surface area contributed by atoms with E-state index in [9.17, 15) is 4.79 Å². The molecule has 2 fully saturated rings. The molecule has 5 nitrogen and oxygen atoms in total. The van der Waals surface area contributed by atoms with Crippen molar-refractivity contribution in [1.82, 2.24) is 14.8 Å². The zero-order valence-electron chi connectivity index (χ0n) is 12.4. The molecule has 2 aromatic heterocycles. The maximum atomic E-state index is 12.4. The van der Waals surface area contributed by atoms with Crippen molar-refractivity contribution in [3.8, 4) is 0 Å². The molecule has 0 unspecified atom stereocenters. The Bertz CT molecular complexity index is 641. The van der Waals surface area contributed by atoms with Crippen LogP contribution in [0.1, 0.15) is 24.2 Å². The zero-order valence-corrected chi connectivity index (χ0v) is 12.4. The first-order valence-corrected chi connectivity index (χ1v) is 7.76. The fourth-order valence-electron chi connectivity index (χ4n) is 3.70. The minimum atomic E-state index is 0.253. The molecule has 0 aliphatic carbocycles. The number of pyridine rings is 1. The maximum absolute atomic E-state index is 12.4. The minimum absolute atomic E-state index is 0.253. The van der Waals surface area contributed by atoms with Crippen molar-refractivity contribution in [3.05, 3.63) is 54.2 Å². The quantitative estimate of drug-likeness (QED) is 0.866. The number of carbonyl (C=O) groups is 1. The van der Waals surface area contributed by atoms with Crippen molar-refractivity contribution in [1.29, 1.82) is 0 Å². The number of rotatable bonds is 4. The Morgan fingerprint density at radius 1 is 1.23 bits per heavy atom. The molecule has 4 heterocycles. The van der Waals surface area contributed by atoms with Crippen molar-refractivity contribution >= 4 is 5.91 Å². The van der Waals surface area contributed by atoms with Gasteiger partial charge in [0, 0.05) is 44.0 Å². The largest absolute Gasteiger partial charge is 0.468 e. The normalized spacial score (nSPS) is 24.9. The molecule has 0 saturated carbocycles. The summed E-state index contributed by atoms with van der Waals surface area (Å²) in [6.07, 6.45) is 6.97. The Morgan fingerprint density at radius 2 is 2.18 bits per heavy atom. The third-order valence-electron chi connectivity index (χ3n) is 4.74. The Morgan fingerprint density at radius 3 is 2.95 bits per heavy atom. The summed E-state index contributed by atoms with van der Waals surface area (Å²) in [5.41, 5.74) is 1.10. The van der Waals surface area contributed by atoms with Gasteiger partial charge in [-0.2, -0.15) is 0 Å². The van der Waals surface area contributed by atoms with Gasteiger partial charge in [-0.05, 0) is 30.2 Å². The summed E-state index contributed by atoms with van der Waals surface area (Å²) >= 11 is 0. The first-order valence-electron chi connectivity index (χ1n) is 7.76. The van der Waals surface area contributed by atoms with Gasteiger partial charge in [-0.25, -0.2) is 0 Å². The standard InChI is InChI=1S/C17H19N3O2/c21-17-9-16-15(20(17)11-13-3-1-6-18-10-13)5-7-19(16)12-14-4-2-8-22-14/h1-4,6,8,10,15-16H,5,7,9,11-12H2/t15-,16+/m0/s1. The lowest BCUT2D eigenvalue weighted by Gasteiger charge is -2.25. The van der Waals surface area contributed by atoms with Crippen LogP contribution in [0.15, 0.2) is 47.3 Å². The molecule has 22 heavy (non-hydrogen) atoms. The summed E-state index contributed by atoms with van der Waals surface area (Å²) < 4.78 is 5.44. The monoisotopic (exact) mass is 297 g/mol. The zero-order chi connectivity index (χ0) is 14.9. The van der Waals surface area contributed by atoms with E-state index in [4.69, 9.17) is 4.42 Å². The van der Waals surface area contributed by atoms with Gasteiger partial charge in [-0.15, -0.1) is 0 Å². The third-order valence-corrected chi connectivity index (χ3v) is 4.74. The fourth-order valence-corrected chi connectivity index (χ4v) is 3.70. The smallest absolute Gasteiger partial charge is 0.224 e. The number of carbonyl (C=O) groups excluding carboxylic acids is 1. The second-order valence-electron chi connectivity index (χ2n) is 6.06. The third kappa shape index (κ3) is 2.41. The molecule has 1 amide bonds. The molecule has 5 heteroatoms. The molecule has 114 valence electrons. The van der Waals surface area contributed by atoms with Crippen LogP contribution < -0.4 is 0 Å².